The minimum absolute atomic E-state index is 0.481. The van der Waals surface area contributed by atoms with Crippen LogP contribution in [0.1, 0.15) is 13.8 Å². The van der Waals surface area contributed by atoms with Crippen molar-refractivity contribution in [1.29, 1.82) is 0 Å². The third-order valence-electron chi connectivity index (χ3n) is 0.949. The molecule has 0 heterocycles. The van der Waals surface area contributed by atoms with Crippen molar-refractivity contribution < 1.29 is 4.74 Å². The van der Waals surface area contributed by atoms with Gasteiger partial charge in [-0.05, 0) is 12.7 Å². The predicted octanol–water partition coefficient (Wildman–Crippen LogP) is 1.80. The summed E-state index contributed by atoms with van der Waals surface area (Å²) in [4.78, 5) is 4.04. The average Bonchev–Trinajstić information content (AvgIpc) is 1.89. The predicted molar refractivity (Wildman–Crippen MR) is 48.0 cm³/mol. The molecule has 2 nitrogen and oxygen atoms in total. The highest BCUT2D eigenvalue weighted by Crippen LogP contribution is 2.05. The molecule has 0 radical (unpaired) electrons. The van der Waals surface area contributed by atoms with Crippen molar-refractivity contribution in [2.24, 2.45) is 4.99 Å². The molecule has 10 heavy (non-hydrogen) atoms. The van der Waals surface area contributed by atoms with E-state index in [0.717, 1.165) is 5.75 Å². The molecule has 3 heteroatoms. The summed E-state index contributed by atoms with van der Waals surface area (Å²) in [6.07, 6.45) is 1.93. The maximum absolute atomic E-state index is 4.76. The van der Waals surface area contributed by atoms with Crippen molar-refractivity contribution in [3.05, 3.63) is 0 Å². The van der Waals surface area contributed by atoms with Crippen LogP contribution in [0.5, 0.6) is 0 Å². The van der Waals surface area contributed by atoms with Crippen LogP contribution < -0.4 is 0 Å². The van der Waals surface area contributed by atoms with Crippen LogP contribution in [0.25, 0.3) is 0 Å². The zero-order chi connectivity index (χ0) is 7.82. The van der Waals surface area contributed by atoms with Gasteiger partial charge in [-0.2, -0.15) is 11.8 Å². The molecule has 0 amide bonds. The first-order valence-corrected chi connectivity index (χ1v) is 4.46. The van der Waals surface area contributed by atoms with Crippen molar-refractivity contribution in [1.82, 2.24) is 0 Å². The summed E-state index contributed by atoms with van der Waals surface area (Å²) >= 11 is 1.88. The van der Waals surface area contributed by atoms with E-state index >= 15 is 0 Å². The van der Waals surface area contributed by atoms with Crippen molar-refractivity contribution in [2.75, 3.05) is 19.6 Å². The van der Waals surface area contributed by atoms with E-state index in [9.17, 15) is 0 Å². The minimum atomic E-state index is 0.481. The smallest absolute Gasteiger partial charge is 0.136 e. The fraction of sp³-hybridized carbons (Fsp3) is 0.857. The summed E-state index contributed by atoms with van der Waals surface area (Å²) in [7, 11) is 1.65. The zero-order valence-corrected chi connectivity index (χ0v) is 7.65. The first kappa shape index (κ1) is 9.98. The third-order valence-corrected chi connectivity index (χ3v) is 1.93. The lowest BCUT2D eigenvalue weighted by atomic mass is 10.5. The molecule has 0 aliphatic heterocycles. The van der Waals surface area contributed by atoms with Crippen molar-refractivity contribution in [3.8, 4) is 0 Å². The zero-order valence-electron chi connectivity index (χ0n) is 6.83. The molecule has 0 aromatic carbocycles. The van der Waals surface area contributed by atoms with Crippen LogP contribution in [0, 0.1) is 0 Å². The van der Waals surface area contributed by atoms with Crippen LogP contribution in [0.4, 0.5) is 0 Å². The van der Waals surface area contributed by atoms with Crippen LogP contribution in [-0.4, -0.2) is 31.1 Å². The highest BCUT2D eigenvalue weighted by atomic mass is 32.2. The summed E-state index contributed by atoms with van der Waals surface area (Å²) in [5.74, 6) is 1.14. The van der Waals surface area contributed by atoms with E-state index in [2.05, 4.69) is 18.8 Å². The van der Waals surface area contributed by atoms with E-state index < -0.39 is 0 Å². The molecular formula is C7H15NOS. The van der Waals surface area contributed by atoms with Gasteiger partial charge in [-0.25, -0.2) is 0 Å². The summed E-state index contributed by atoms with van der Waals surface area (Å²) < 4.78 is 4.76. The number of rotatable bonds is 5. The Kier molecular flexibility index (Phi) is 7.08. The maximum atomic E-state index is 4.76. The molecular weight excluding hydrogens is 146 g/mol. The number of nitrogens with zero attached hydrogens (tertiary/aromatic N) is 1. The van der Waals surface area contributed by atoms with E-state index in [0.29, 0.717) is 12.0 Å². The van der Waals surface area contributed by atoms with Gasteiger partial charge in [0.25, 0.3) is 0 Å². The summed E-state index contributed by atoms with van der Waals surface area (Å²) in [5, 5.41) is 0.514. The van der Waals surface area contributed by atoms with Gasteiger partial charge in [0, 0.05) is 18.6 Å². The van der Waals surface area contributed by atoms with Crippen LogP contribution in [0.2, 0.25) is 0 Å². The SMILES string of the molecule is CCSC(C)C=NCOC. The van der Waals surface area contributed by atoms with E-state index in [1.165, 1.54) is 0 Å². The Balaban J connectivity index is 3.26. The second-order valence-corrected chi connectivity index (χ2v) is 3.56. The molecule has 0 spiro atoms. The quantitative estimate of drug-likeness (QED) is 0.573. The molecule has 0 rings (SSSR count). The third kappa shape index (κ3) is 6.11. The number of aliphatic imine (C=N–C) groups is 1. The molecule has 0 aliphatic carbocycles. The Morgan fingerprint density at radius 1 is 1.70 bits per heavy atom. The highest BCUT2D eigenvalue weighted by molar-refractivity contribution is 8.00. The van der Waals surface area contributed by atoms with Crippen molar-refractivity contribution in [3.63, 3.8) is 0 Å². The average molecular weight is 161 g/mol. The molecule has 1 unspecified atom stereocenters. The van der Waals surface area contributed by atoms with Gasteiger partial charge >= 0.3 is 0 Å². The Morgan fingerprint density at radius 3 is 2.90 bits per heavy atom. The highest BCUT2D eigenvalue weighted by Gasteiger charge is 1.93. The molecule has 0 aromatic rings. The standard InChI is InChI=1S/C7H15NOS/c1-4-10-7(2)5-8-6-9-3/h5,7H,4,6H2,1-3H3. The lowest BCUT2D eigenvalue weighted by Crippen LogP contribution is -1.98. The van der Waals surface area contributed by atoms with Gasteiger partial charge in [-0.3, -0.25) is 4.99 Å². The Morgan fingerprint density at radius 2 is 2.40 bits per heavy atom. The molecule has 0 saturated heterocycles. The van der Waals surface area contributed by atoms with Gasteiger partial charge in [0.15, 0.2) is 0 Å². The van der Waals surface area contributed by atoms with Gasteiger partial charge in [-0.1, -0.05) is 6.92 Å². The molecule has 0 fully saturated rings. The number of ether oxygens (including phenoxy) is 1. The normalized spacial score (nSPS) is 14.3. The second-order valence-electron chi connectivity index (χ2n) is 1.91. The van der Waals surface area contributed by atoms with Gasteiger partial charge < -0.3 is 4.74 Å². The molecule has 0 N–H and O–H groups in total. The Labute approximate surface area is 67.1 Å². The summed E-state index contributed by atoms with van der Waals surface area (Å²) in [5.41, 5.74) is 0. The Bertz CT molecular complexity index is 95.6. The molecule has 1 atom stereocenters. The fourth-order valence-corrected chi connectivity index (χ4v) is 1.27. The lowest BCUT2D eigenvalue weighted by molar-refractivity contribution is 0.209. The summed E-state index contributed by atoms with van der Waals surface area (Å²) in [6.45, 7) is 4.76. The van der Waals surface area contributed by atoms with Crippen molar-refractivity contribution >= 4 is 18.0 Å². The number of thioether (sulfide) groups is 1. The van der Waals surface area contributed by atoms with Gasteiger partial charge in [-0.15, -0.1) is 0 Å². The Hall–Kier alpha value is -0.0200. The number of hydrogen-bond donors (Lipinski definition) is 0. The van der Waals surface area contributed by atoms with Crippen LogP contribution >= 0.6 is 11.8 Å². The molecule has 0 saturated carbocycles. The van der Waals surface area contributed by atoms with Gasteiger partial charge in [0.2, 0.25) is 0 Å². The second kappa shape index (κ2) is 7.09. The minimum Gasteiger partial charge on any atom is -0.363 e. The van der Waals surface area contributed by atoms with E-state index in [4.69, 9.17) is 4.74 Å². The van der Waals surface area contributed by atoms with Crippen molar-refractivity contribution in [2.45, 2.75) is 19.1 Å². The molecule has 60 valence electrons. The maximum Gasteiger partial charge on any atom is 0.136 e. The first-order valence-electron chi connectivity index (χ1n) is 3.41. The van der Waals surface area contributed by atoms with Crippen LogP contribution in [0.3, 0.4) is 0 Å². The first-order chi connectivity index (χ1) is 4.81. The van der Waals surface area contributed by atoms with E-state index in [-0.39, 0.29) is 0 Å². The monoisotopic (exact) mass is 161 g/mol. The lowest BCUT2D eigenvalue weighted by Gasteiger charge is -2.00. The molecule has 0 aliphatic rings. The van der Waals surface area contributed by atoms with Crippen LogP contribution in [-0.2, 0) is 4.74 Å². The van der Waals surface area contributed by atoms with E-state index in [1.54, 1.807) is 7.11 Å². The number of hydrogen-bond acceptors (Lipinski definition) is 3. The number of methoxy groups -OCH3 is 1. The molecule has 0 bridgehead atoms. The molecule has 0 aromatic heterocycles. The van der Waals surface area contributed by atoms with Crippen LogP contribution in [0.15, 0.2) is 4.99 Å². The van der Waals surface area contributed by atoms with E-state index in [1.807, 2.05) is 18.0 Å². The van der Waals surface area contributed by atoms with Gasteiger partial charge in [0.1, 0.15) is 6.73 Å². The fourth-order valence-electron chi connectivity index (χ4n) is 0.572. The summed E-state index contributed by atoms with van der Waals surface area (Å²) in [6, 6.07) is 0. The van der Waals surface area contributed by atoms with Gasteiger partial charge in [0.05, 0.1) is 0 Å². The largest absolute Gasteiger partial charge is 0.363 e. The topological polar surface area (TPSA) is 21.6 Å².